The molecule has 1 aromatic heterocycles. The van der Waals surface area contributed by atoms with E-state index in [4.69, 9.17) is 0 Å². The van der Waals surface area contributed by atoms with Crippen LogP contribution >= 0.6 is 15.9 Å². The average molecular weight is 287 g/mol. The van der Waals surface area contributed by atoms with E-state index in [1.165, 1.54) is 12.3 Å². The van der Waals surface area contributed by atoms with Crippen molar-refractivity contribution < 1.29 is 9.18 Å². The van der Waals surface area contributed by atoms with E-state index < -0.39 is 5.82 Å². The molecule has 0 aromatic carbocycles. The first-order valence-corrected chi connectivity index (χ1v) is 6.12. The number of halogens is 2. The number of pyridine rings is 1. The van der Waals surface area contributed by atoms with Crippen LogP contribution in [0.2, 0.25) is 0 Å². The fourth-order valence-electron chi connectivity index (χ4n) is 1.76. The minimum atomic E-state index is -0.471. The monoisotopic (exact) mass is 286 g/mol. The number of aromatic nitrogens is 1. The highest BCUT2D eigenvalue weighted by Crippen LogP contribution is 2.19. The molecule has 2 rings (SSSR count). The van der Waals surface area contributed by atoms with E-state index >= 15 is 0 Å². The van der Waals surface area contributed by atoms with Crippen LogP contribution in [0.4, 0.5) is 4.39 Å². The number of rotatable bonds is 1. The topological polar surface area (TPSA) is 33.2 Å². The van der Waals surface area contributed by atoms with Gasteiger partial charge in [0.1, 0.15) is 5.82 Å². The Balaban J connectivity index is 2.08. The lowest BCUT2D eigenvalue weighted by Crippen LogP contribution is -2.38. The Morgan fingerprint density at radius 3 is 2.75 bits per heavy atom. The van der Waals surface area contributed by atoms with Crippen molar-refractivity contribution in [2.45, 2.75) is 17.7 Å². The number of hydrogen-bond acceptors (Lipinski definition) is 2. The summed E-state index contributed by atoms with van der Waals surface area (Å²) in [4.78, 5) is 17.9. The minimum Gasteiger partial charge on any atom is -0.339 e. The van der Waals surface area contributed by atoms with Crippen LogP contribution in [0.3, 0.4) is 0 Å². The Hall–Kier alpha value is -0.970. The van der Waals surface area contributed by atoms with E-state index in [0.29, 0.717) is 23.5 Å². The summed E-state index contributed by atoms with van der Waals surface area (Å²) in [5.41, 5.74) is 0.327. The maximum Gasteiger partial charge on any atom is 0.255 e. The third-order valence-corrected chi connectivity index (χ3v) is 3.58. The zero-order valence-corrected chi connectivity index (χ0v) is 10.3. The number of piperidine rings is 1. The average Bonchev–Trinajstić information content (AvgIpc) is 2.29. The summed E-state index contributed by atoms with van der Waals surface area (Å²) < 4.78 is 12.9. The first kappa shape index (κ1) is 11.5. The molecule has 1 fully saturated rings. The molecule has 0 saturated carbocycles. The van der Waals surface area contributed by atoms with Crippen LogP contribution in [-0.2, 0) is 0 Å². The van der Waals surface area contributed by atoms with Gasteiger partial charge in [-0.25, -0.2) is 4.39 Å². The van der Waals surface area contributed by atoms with Gasteiger partial charge in [0.15, 0.2) is 0 Å². The molecule has 0 aliphatic carbocycles. The van der Waals surface area contributed by atoms with Gasteiger partial charge in [0.25, 0.3) is 5.91 Å². The van der Waals surface area contributed by atoms with Crippen molar-refractivity contribution in [1.29, 1.82) is 0 Å². The second-order valence-corrected chi connectivity index (χ2v) is 5.15. The molecule has 1 saturated heterocycles. The van der Waals surface area contributed by atoms with E-state index in [0.717, 1.165) is 19.0 Å². The quantitative estimate of drug-likeness (QED) is 0.742. The normalized spacial score (nSPS) is 17.5. The van der Waals surface area contributed by atoms with Crippen molar-refractivity contribution in [3.63, 3.8) is 0 Å². The first-order valence-electron chi connectivity index (χ1n) is 5.20. The number of nitrogens with zero attached hydrogens (tertiary/aromatic N) is 2. The molecule has 0 atom stereocenters. The maximum atomic E-state index is 12.9. The zero-order valence-electron chi connectivity index (χ0n) is 8.70. The van der Waals surface area contributed by atoms with Gasteiger partial charge in [0, 0.05) is 24.1 Å². The van der Waals surface area contributed by atoms with Crippen LogP contribution in [0.25, 0.3) is 0 Å². The van der Waals surface area contributed by atoms with Crippen molar-refractivity contribution in [3.05, 3.63) is 29.8 Å². The Morgan fingerprint density at radius 1 is 1.44 bits per heavy atom. The van der Waals surface area contributed by atoms with E-state index in [-0.39, 0.29) is 5.91 Å². The van der Waals surface area contributed by atoms with Crippen LogP contribution in [0.15, 0.2) is 18.5 Å². The number of amides is 1. The second kappa shape index (κ2) is 4.91. The number of likely N-dealkylation sites (tertiary alicyclic amines) is 1. The van der Waals surface area contributed by atoms with Crippen LogP contribution in [0, 0.1) is 5.82 Å². The molecule has 0 unspecified atom stereocenters. The van der Waals surface area contributed by atoms with Crippen molar-refractivity contribution in [2.75, 3.05) is 13.1 Å². The summed E-state index contributed by atoms with van der Waals surface area (Å²) in [6, 6.07) is 1.23. The number of carbonyl (C=O) groups excluding carboxylic acids is 1. The number of hydrogen-bond donors (Lipinski definition) is 0. The SMILES string of the molecule is O=C(c1cncc(F)c1)N1CCC(Br)CC1. The summed E-state index contributed by atoms with van der Waals surface area (Å²) >= 11 is 3.52. The predicted molar refractivity (Wildman–Crippen MR) is 62.0 cm³/mol. The van der Waals surface area contributed by atoms with Gasteiger partial charge in [-0.2, -0.15) is 0 Å². The van der Waals surface area contributed by atoms with Crippen molar-refractivity contribution >= 4 is 21.8 Å². The maximum absolute atomic E-state index is 12.9. The van der Waals surface area contributed by atoms with E-state index in [2.05, 4.69) is 20.9 Å². The molecule has 86 valence electrons. The van der Waals surface area contributed by atoms with Crippen molar-refractivity contribution in [1.82, 2.24) is 9.88 Å². The van der Waals surface area contributed by atoms with Gasteiger partial charge in [0.2, 0.25) is 0 Å². The molecule has 1 amide bonds. The summed E-state index contributed by atoms with van der Waals surface area (Å²) in [7, 11) is 0. The molecule has 0 radical (unpaired) electrons. The first-order chi connectivity index (χ1) is 7.66. The third kappa shape index (κ3) is 2.58. The molecule has 16 heavy (non-hydrogen) atoms. The molecule has 5 heteroatoms. The Kier molecular flexibility index (Phi) is 3.53. The lowest BCUT2D eigenvalue weighted by Gasteiger charge is -2.29. The molecule has 0 N–H and O–H groups in total. The molecule has 1 aliphatic rings. The molecule has 0 spiro atoms. The Bertz CT molecular complexity index is 391. The Labute approximate surface area is 102 Å². The van der Waals surface area contributed by atoms with Gasteiger partial charge in [-0.1, -0.05) is 15.9 Å². The van der Waals surface area contributed by atoms with Gasteiger partial charge in [-0.15, -0.1) is 0 Å². The van der Waals surface area contributed by atoms with Crippen LogP contribution in [0.1, 0.15) is 23.2 Å². The van der Waals surface area contributed by atoms with Crippen LogP contribution in [-0.4, -0.2) is 33.7 Å². The highest BCUT2D eigenvalue weighted by Gasteiger charge is 2.22. The fraction of sp³-hybridized carbons (Fsp3) is 0.455. The minimum absolute atomic E-state index is 0.133. The predicted octanol–water partition coefficient (Wildman–Crippen LogP) is 2.22. The highest BCUT2D eigenvalue weighted by atomic mass is 79.9. The van der Waals surface area contributed by atoms with Crippen molar-refractivity contribution in [3.8, 4) is 0 Å². The van der Waals surface area contributed by atoms with Gasteiger partial charge >= 0.3 is 0 Å². The molecule has 1 aromatic rings. The standard InChI is InChI=1S/C11H12BrFN2O/c12-9-1-3-15(4-2-9)11(16)8-5-10(13)7-14-6-8/h5-7,9H,1-4H2. The molecular formula is C11H12BrFN2O. The summed E-state index contributed by atoms with van der Waals surface area (Å²) in [6.07, 6.45) is 4.39. The molecule has 1 aliphatic heterocycles. The van der Waals surface area contributed by atoms with Gasteiger partial charge < -0.3 is 4.90 Å². The summed E-state index contributed by atoms with van der Waals surface area (Å²) in [5, 5.41) is 0. The lowest BCUT2D eigenvalue weighted by molar-refractivity contribution is 0.0727. The number of carbonyl (C=O) groups is 1. The molecular weight excluding hydrogens is 275 g/mol. The molecule has 3 nitrogen and oxygen atoms in total. The zero-order chi connectivity index (χ0) is 11.5. The van der Waals surface area contributed by atoms with E-state index in [1.54, 1.807) is 4.90 Å². The molecule has 0 bridgehead atoms. The number of alkyl halides is 1. The van der Waals surface area contributed by atoms with Gasteiger partial charge in [-0.05, 0) is 18.9 Å². The third-order valence-electron chi connectivity index (χ3n) is 2.66. The van der Waals surface area contributed by atoms with Gasteiger partial charge in [0.05, 0.1) is 11.8 Å². The molecule has 2 heterocycles. The van der Waals surface area contributed by atoms with Gasteiger partial charge in [-0.3, -0.25) is 9.78 Å². The largest absolute Gasteiger partial charge is 0.339 e. The van der Waals surface area contributed by atoms with E-state index in [9.17, 15) is 9.18 Å². The summed E-state index contributed by atoms with van der Waals surface area (Å²) in [6.45, 7) is 1.43. The van der Waals surface area contributed by atoms with Crippen LogP contribution in [0.5, 0.6) is 0 Å². The summed E-state index contributed by atoms with van der Waals surface area (Å²) in [5.74, 6) is -0.604. The van der Waals surface area contributed by atoms with Crippen LogP contribution < -0.4 is 0 Å². The van der Waals surface area contributed by atoms with Crippen molar-refractivity contribution in [2.24, 2.45) is 0 Å². The smallest absolute Gasteiger partial charge is 0.255 e. The lowest BCUT2D eigenvalue weighted by atomic mass is 10.1. The highest BCUT2D eigenvalue weighted by molar-refractivity contribution is 9.09. The Morgan fingerprint density at radius 2 is 2.12 bits per heavy atom. The second-order valence-electron chi connectivity index (χ2n) is 3.86. The van der Waals surface area contributed by atoms with E-state index in [1.807, 2.05) is 0 Å². The fourth-order valence-corrected chi connectivity index (χ4v) is 2.17.